The van der Waals surface area contributed by atoms with Crippen molar-refractivity contribution < 1.29 is 21.8 Å². The van der Waals surface area contributed by atoms with Gasteiger partial charge in [-0.2, -0.15) is 8.42 Å². The number of aromatic nitrogens is 1. The van der Waals surface area contributed by atoms with Crippen LogP contribution in [0.5, 0.6) is 5.75 Å². The smallest absolute Gasteiger partial charge is 0.339 e. The molecule has 35 heavy (non-hydrogen) atoms. The highest BCUT2D eigenvalue weighted by Crippen LogP contribution is 2.31. The van der Waals surface area contributed by atoms with Gasteiger partial charge in [0.2, 0.25) is 0 Å². The fourth-order valence-corrected chi connectivity index (χ4v) is 5.62. The van der Waals surface area contributed by atoms with Gasteiger partial charge in [0.15, 0.2) is 11.5 Å². The number of fused-ring (bicyclic) bond motifs is 1. The molecule has 2 heterocycles. The predicted octanol–water partition coefficient (Wildman–Crippen LogP) is 5.23. The van der Waals surface area contributed by atoms with Gasteiger partial charge in [0.05, 0.1) is 0 Å². The molecule has 1 saturated heterocycles. The molecule has 0 bridgehead atoms. The van der Waals surface area contributed by atoms with Gasteiger partial charge >= 0.3 is 10.1 Å². The van der Waals surface area contributed by atoms with Crippen LogP contribution < -0.4 is 4.18 Å². The van der Waals surface area contributed by atoms with Crippen molar-refractivity contribution in [3.05, 3.63) is 89.3 Å². The summed E-state index contributed by atoms with van der Waals surface area (Å²) in [6.07, 6.45) is 1.54. The Labute approximate surface area is 204 Å². The Morgan fingerprint density at radius 1 is 1.00 bits per heavy atom. The number of carbonyl (C=O) groups excluding carboxylic acids is 1. The van der Waals surface area contributed by atoms with Crippen LogP contribution in [0.15, 0.2) is 76.0 Å². The standard InChI is InChI=1S/C27H26N2O5S/c1-18-7-8-19(2)25(17-18)35(31,32)34-22-11-9-21(10-12-22)27(30)29-15-13-20(14-16-29)26-28-23-5-3-4-6-24(23)33-26/h3-12,17,20H,13-16H2,1-2H3. The maximum absolute atomic E-state index is 13.0. The highest BCUT2D eigenvalue weighted by Gasteiger charge is 2.28. The first kappa shape index (κ1) is 23.1. The summed E-state index contributed by atoms with van der Waals surface area (Å²) in [5.74, 6) is 0.976. The maximum Gasteiger partial charge on any atom is 0.339 e. The molecular formula is C27H26N2O5S. The number of hydrogen-bond donors (Lipinski definition) is 0. The molecule has 0 unspecified atom stereocenters. The van der Waals surface area contributed by atoms with Gasteiger partial charge < -0.3 is 13.5 Å². The Kier molecular flexibility index (Phi) is 6.06. The van der Waals surface area contributed by atoms with Gasteiger partial charge in [-0.3, -0.25) is 4.79 Å². The van der Waals surface area contributed by atoms with Crippen LogP contribution in [-0.4, -0.2) is 37.3 Å². The molecule has 0 aliphatic carbocycles. The van der Waals surface area contributed by atoms with E-state index in [-0.39, 0.29) is 22.5 Å². The fourth-order valence-electron chi connectivity index (χ4n) is 4.38. The van der Waals surface area contributed by atoms with Crippen molar-refractivity contribution in [3.8, 4) is 5.75 Å². The molecule has 5 rings (SSSR count). The second-order valence-corrected chi connectivity index (χ2v) is 10.4. The number of aryl methyl sites for hydroxylation is 2. The minimum absolute atomic E-state index is 0.0926. The van der Waals surface area contributed by atoms with Crippen LogP contribution >= 0.6 is 0 Å². The summed E-state index contributed by atoms with van der Waals surface area (Å²) in [5, 5.41) is 0. The molecule has 3 aromatic carbocycles. The molecule has 7 nitrogen and oxygen atoms in total. The van der Waals surface area contributed by atoms with Crippen molar-refractivity contribution in [1.82, 2.24) is 9.88 Å². The molecule has 1 amide bonds. The zero-order valence-electron chi connectivity index (χ0n) is 19.6. The van der Waals surface area contributed by atoms with Crippen LogP contribution in [0.4, 0.5) is 0 Å². The number of amides is 1. The van der Waals surface area contributed by atoms with Crippen LogP contribution in [0.3, 0.4) is 0 Å². The summed E-state index contributed by atoms with van der Waals surface area (Å²) >= 11 is 0. The summed E-state index contributed by atoms with van der Waals surface area (Å²) in [4.78, 5) is 19.6. The van der Waals surface area contributed by atoms with Crippen LogP contribution in [0.2, 0.25) is 0 Å². The Hall–Kier alpha value is -3.65. The third-order valence-corrected chi connectivity index (χ3v) is 7.75. The van der Waals surface area contributed by atoms with E-state index in [9.17, 15) is 13.2 Å². The molecule has 0 saturated carbocycles. The lowest BCUT2D eigenvalue weighted by Crippen LogP contribution is -2.37. The van der Waals surface area contributed by atoms with Gasteiger partial charge in [0.1, 0.15) is 16.2 Å². The molecule has 0 atom stereocenters. The first-order chi connectivity index (χ1) is 16.8. The van der Waals surface area contributed by atoms with Gasteiger partial charge in [-0.25, -0.2) is 4.98 Å². The normalized spacial score (nSPS) is 14.9. The largest absolute Gasteiger partial charge is 0.440 e. The molecule has 4 aromatic rings. The quantitative estimate of drug-likeness (QED) is 0.356. The molecule has 1 fully saturated rings. The zero-order chi connectivity index (χ0) is 24.6. The molecular weight excluding hydrogens is 464 g/mol. The number of carbonyl (C=O) groups is 1. The van der Waals surface area contributed by atoms with E-state index in [0.29, 0.717) is 24.2 Å². The van der Waals surface area contributed by atoms with E-state index in [4.69, 9.17) is 8.60 Å². The zero-order valence-corrected chi connectivity index (χ0v) is 20.4. The van der Waals surface area contributed by atoms with Crippen molar-refractivity contribution in [2.45, 2.75) is 37.5 Å². The van der Waals surface area contributed by atoms with E-state index in [0.717, 1.165) is 35.4 Å². The lowest BCUT2D eigenvalue weighted by atomic mass is 9.96. The average Bonchev–Trinajstić information content (AvgIpc) is 3.30. The van der Waals surface area contributed by atoms with Crippen LogP contribution in [-0.2, 0) is 10.1 Å². The lowest BCUT2D eigenvalue weighted by Gasteiger charge is -2.30. The second-order valence-electron chi connectivity index (χ2n) is 8.92. The van der Waals surface area contributed by atoms with E-state index in [1.165, 1.54) is 12.1 Å². The Morgan fingerprint density at radius 2 is 1.71 bits per heavy atom. The van der Waals surface area contributed by atoms with Crippen molar-refractivity contribution >= 4 is 27.1 Å². The second kappa shape index (κ2) is 9.19. The van der Waals surface area contributed by atoms with E-state index in [1.807, 2.05) is 42.2 Å². The molecule has 1 aromatic heterocycles. The van der Waals surface area contributed by atoms with Gasteiger partial charge in [-0.1, -0.05) is 24.3 Å². The van der Waals surface area contributed by atoms with Crippen molar-refractivity contribution in [2.24, 2.45) is 0 Å². The highest BCUT2D eigenvalue weighted by molar-refractivity contribution is 7.87. The SMILES string of the molecule is Cc1ccc(C)c(S(=O)(=O)Oc2ccc(C(=O)N3CCC(c4nc5ccccc5o4)CC3)cc2)c1. The number of oxazole rings is 1. The first-order valence-corrected chi connectivity index (χ1v) is 13.0. The number of para-hydroxylation sites is 2. The lowest BCUT2D eigenvalue weighted by molar-refractivity contribution is 0.0706. The number of hydrogen-bond acceptors (Lipinski definition) is 6. The molecule has 180 valence electrons. The van der Waals surface area contributed by atoms with E-state index in [2.05, 4.69) is 4.98 Å². The van der Waals surface area contributed by atoms with Crippen LogP contribution in [0.1, 0.15) is 46.1 Å². The fraction of sp³-hybridized carbons (Fsp3) is 0.259. The summed E-state index contributed by atoms with van der Waals surface area (Å²) < 4.78 is 36.7. The minimum Gasteiger partial charge on any atom is -0.440 e. The summed E-state index contributed by atoms with van der Waals surface area (Å²) in [6.45, 7) is 4.75. The average molecular weight is 491 g/mol. The van der Waals surface area contributed by atoms with Crippen molar-refractivity contribution in [2.75, 3.05) is 13.1 Å². The van der Waals surface area contributed by atoms with Crippen LogP contribution in [0, 0.1) is 13.8 Å². The summed E-state index contributed by atoms with van der Waals surface area (Å²) in [5.41, 5.74) is 3.56. The van der Waals surface area contributed by atoms with Gasteiger partial charge in [0, 0.05) is 24.6 Å². The predicted molar refractivity (Wildman–Crippen MR) is 132 cm³/mol. The Balaban J connectivity index is 1.22. The van der Waals surface area contributed by atoms with Crippen LogP contribution in [0.25, 0.3) is 11.1 Å². The Morgan fingerprint density at radius 3 is 2.43 bits per heavy atom. The highest BCUT2D eigenvalue weighted by atomic mass is 32.2. The molecule has 8 heteroatoms. The summed E-state index contributed by atoms with van der Waals surface area (Å²) in [7, 11) is -3.97. The topological polar surface area (TPSA) is 89.7 Å². The molecule has 1 aliphatic heterocycles. The number of nitrogens with zero attached hydrogens (tertiary/aromatic N) is 2. The number of piperidine rings is 1. The Bertz CT molecular complexity index is 1450. The van der Waals surface area contributed by atoms with Crippen molar-refractivity contribution in [1.29, 1.82) is 0 Å². The molecule has 0 spiro atoms. The maximum atomic E-state index is 13.0. The van der Waals surface area contributed by atoms with E-state index >= 15 is 0 Å². The van der Waals surface area contributed by atoms with Gasteiger partial charge in [-0.15, -0.1) is 0 Å². The molecule has 1 aliphatic rings. The third kappa shape index (κ3) is 4.79. The first-order valence-electron chi connectivity index (χ1n) is 11.6. The van der Waals surface area contributed by atoms with Gasteiger partial charge in [-0.05, 0) is 80.3 Å². The van der Waals surface area contributed by atoms with Crippen molar-refractivity contribution in [3.63, 3.8) is 0 Å². The van der Waals surface area contributed by atoms with E-state index < -0.39 is 10.1 Å². The molecule has 0 radical (unpaired) electrons. The summed E-state index contributed by atoms with van der Waals surface area (Å²) in [6, 6.07) is 19.1. The third-order valence-electron chi connectivity index (χ3n) is 6.36. The van der Waals surface area contributed by atoms with Gasteiger partial charge in [0.25, 0.3) is 5.91 Å². The minimum atomic E-state index is -3.97. The molecule has 0 N–H and O–H groups in total. The number of likely N-dealkylation sites (tertiary alicyclic amines) is 1. The number of rotatable bonds is 5. The monoisotopic (exact) mass is 490 g/mol. The van der Waals surface area contributed by atoms with E-state index in [1.54, 1.807) is 31.2 Å². The number of benzene rings is 3.